The van der Waals surface area contributed by atoms with Crippen molar-refractivity contribution in [2.24, 2.45) is 17.8 Å². The third-order valence-electron chi connectivity index (χ3n) is 9.62. The Bertz CT molecular complexity index is 1130. The molecule has 0 aliphatic heterocycles. The molecule has 3 atom stereocenters. The molecule has 47 heavy (non-hydrogen) atoms. The van der Waals surface area contributed by atoms with Gasteiger partial charge in [0.1, 0.15) is 17.2 Å². The minimum Gasteiger partial charge on any atom is -0.386 e. The largest absolute Gasteiger partial charge is 0.647 e. The Kier molecular flexibility index (Phi) is 17.6. The van der Waals surface area contributed by atoms with Crippen LogP contribution >= 0.6 is 7.82 Å². The molecule has 0 aliphatic carbocycles. The first-order valence-corrected chi connectivity index (χ1v) is 20.2. The summed E-state index contributed by atoms with van der Waals surface area (Å²) in [4.78, 5) is 0. The highest BCUT2D eigenvalue weighted by molar-refractivity contribution is 7.49. The van der Waals surface area contributed by atoms with Crippen molar-refractivity contribution in [2.75, 3.05) is 0 Å². The maximum absolute atomic E-state index is 14.3. The lowest BCUT2D eigenvalue weighted by atomic mass is 9.92. The fourth-order valence-electron chi connectivity index (χ4n) is 6.33. The fraction of sp³-hybridized carbons (Fsp3) is 0.571. The molecular weight excluding hydrogens is 599 g/mol. The van der Waals surface area contributed by atoms with Gasteiger partial charge in [0.15, 0.2) is 0 Å². The van der Waals surface area contributed by atoms with Crippen molar-refractivity contribution in [1.82, 2.24) is 0 Å². The zero-order valence-electron chi connectivity index (χ0n) is 30.3. The van der Waals surface area contributed by atoms with Gasteiger partial charge in [-0.1, -0.05) is 155 Å². The molecule has 4 nitrogen and oxygen atoms in total. The fourth-order valence-corrected chi connectivity index (χ4v) is 7.58. The molecule has 0 aliphatic rings. The zero-order valence-corrected chi connectivity index (χ0v) is 31.2. The van der Waals surface area contributed by atoms with E-state index in [1.165, 1.54) is 93.7 Å². The van der Waals surface area contributed by atoms with Crippen LogP contribution in [-0.2, 0) is 23.8 Å². The topological polar surface area (TPSA) is 44.8 Å². The third-order valence-corrected chi connectivity index (χ3v) is 10.9. The summed E-state index contributed by atoms with van der Waals surface area (Å²) in [5.41, 5.74) is 3.78. The first kappa shape index (κ1) is 38.7. The van der Waals surface area contributed by atoms with Gasteiger partial charge in [0, 0.05) is 0 Å². The number of benzene rings is 3. The van der Waals surface area contributed by atoms with Gasteiger partial charge in [-0.2, -0.15) is 4.57 Å². The van der Waals surface area contributed by atoms with E-state index in [-0.39, 0.29) is 0 Å². The molecule has 0 amide bonds. The Balaban J connectivity index is 1.77. The van der Waals surface area contributed by atoms with Crippen LogP contribution in [0.25, 0.3) is 0 Å². The molecule has 0 saturated heterocycles. The third kappa shape index (κ3) is 14.1. The molecule has 0 N–H and O–H groups in total. The summed E-state index contributed by atoms with van der Waals surface area (Å²) < 4.78 is 32.6. The van der Waals surface area contributed by atoms with Gasteiger partial charge in [0.25, 0.3) is 0 Å². The second-order valence-electron chi connectivity index (χ2n) is 13.5. The Hall–Kier alpha value is -2.71. The maximum atomic E-state index is 14.3. The molecule has 3 aromatic carbocycles. The quantitative estimate of drug-likeness (QED) is 0.0896. The van der Waals surface area contributed by atoms with E-state index >= 15 is 0 Å². The molecule has 3 rings (SSSR count). The van der Waals surface area contributed by atoms with Gasteiger partial charge in [-0.3, -0.25) is 0 Å². The minimum atomic E-state index is -4.07. The molecule has 0 saturated carbocycles. The van der Waals surface area contributed by atoms with Crippen molar-refractivity contribution in [3.63, 3.8) is 0 Å². The molecule has 3 aromatic rings. The zero-order chi connectivity index (χ0) is 33.9. The van der Waals surface area contributed by atoms with E-state index in [1.807, 2.05) is 36.4 Å². The number of hydrogen-bond acceptors (Lipinski definition) is 4. The van der Waals surface area contributed by atoms with Gasteiger partial charge in [-0.25, -0.2) is 0 Å². The van der Waals surface area contributed by atoms with Crippen LogP contribution in [-0.4, -0.2) is 0 Å². The van der Waals surface area contributed by atoms with Crippen molar-refractivity contribution in [1.29, 1.82) is 0 Å². The molecule has 0 bridgehead atoms. The van der Waals surface area contributed by atoms with Crippen LogP contribution in [0.2, 0.25) is 0 Å². The minimum absolute atomic E-state index is 0.468. The van der Waals surface area contributed by atoms with Crippen molar-refractivity contribution >= 4 is 7.82 Å². The lowest BCUT2D eigenvalue weighted by Gasteiger charge is -2.21. The molecule has 0 fully saturated rings. The first-order valence-electron chi connectivity index (χ1n) is 18.8. The summed E-state index contributed by atoms with van der Waals surface area (Å²) >= 11 is 0. The van der Waals surface area contributed by atoms with E-state index in [0.717, 1.165) is 19.3 Å². The average Bonchev–Trinajstić information content (AvgIpc) is 3.09. The summed E-state index contributed by atoms with van der Waals surface area (Å²) in [5.74, 6) is 3.41. The van der Waals surface area contributed by atoms with Crippen molar-refractivity contribution < 1.29 is 18.1 Å². The molecule has 5 heteroatoms. The van der Waals surface area contributed by atoms with Gasteiger partial charge >= 0.3 is 7.82 Å². The SMILES string of the molecule is CCCCC(CC)Cc1ccc(OP(=O)(Oc2ccc(CC(CC)CCCC)cc2)Oc2ccc(CC(CC)CCCC)cc2)cc1. The summed E-state index contributed by atoms with van der Waals surface area (Å²) in [7, 11) is -4.07. The highest BCUT2D eigenvalue weighted by atomic mass is 31.2. The summed E-state index contributed by atoms with van der Waals surface area (Å²) in [6, 6.07) is 23.7. The van der Waals surface area contributed by atoms with Crippen LogP contribution in [0.4, 0.5) is 0 Å². The summed E-state index contributed by atoms with van der Waals surface area (Å²) in [6.45, 7) is 13.5. The molecule has 0 spiro atoms. The van der Waals surface area contributed by atoms with Crippen LogP contribution in [0.3, 0.4) is 0 Å². The van der Waals surface area contributed by atoms with Gasteiger partial charge in [0.2, 0.25) is 0 Å². The lowest BCUT2D eigenvalue weighted by Crippen LogP contribution is -2.08. The van der Waals surface area contributed by atoms with Crippen LogP contribution in [0, 0.1) is 17.8 Å². The molecular formula is C42H63O4P. The maximum Gasteiger partial charge on any atom is 0.647 e. The molecule has 0 heterocycles. The molecule has 3 unspecified atom stereocenters. The smallest absolute Gasteiger partial charge is 0.386 e. The lowest BCUT2D eigenvalue weighted by molar-refractivity contribution is 0.298. The van der Waals surface area contributed by atoms with E-state index in [0.29, 0.717) is 35.0 Å². The van der Waals surface area contributed by atoms with Crippen LogP contribution in [0.1, 0.15) is 135 Å². The van der Waals surface area contributed by atoms with Crippen molar-refractivity contribution in [2.45, 2.75) is 138 Å². The Labute approximate surface area is 287 Å². The number of unbranched alkanes of at least 4 members (excludes halogenated alkanes) is 3. The number of rotatable bonds is 24. The number of hydrogen-bond donors (Lipinski definition) is 0. The van der Waals surface area contributed by atoms with Gasteiger partial charge < -0.3 is 13.6 Å². The summed E-state index contributed by atoms with van der Waals surface area (Å²) in [5, 5.41) is 0. The standard InChI is InChI=1S/C42H63O4P/c1-7-13-16-34(10-4)31-37-19-25-40(26-20-37)44-47(43,45-41-27-21-38(22-28-41)32-35(11-5)17-14-8-2)46-42-29-23-39(24-30-42)33-36(12-6)18-15-9-3/h19-30,34-36H,7-18,31-33H2,1-6H3. The highest BCUT2D eigenvalue weighted by Crippen LogP contribution is 2.50. The molecule has 0 aromatic heterocycles. The van der Waals surface area contributed by atoms with E-state index in [9.17, 15) is 4.57 Å². The molecule has 0 radical (unpaired) electrons. The van der Waals surface area contributed by atoms with Gasteiger partial charge in [-0.15, -0.1) is 0 Å². The van der Waals surface area contributed by atoms with Gasteiger partial charge in [0.05, 0.1) is 0 Å². The monoisotopic (exact) mass is 662 g/mol. The van der Waals surface area contributed by atoms with Crippen LogP contribution < -0.4 is 13.6 Å². The van der Waals surface area contributed by atoms with E-state index < -0.39 is 7.82 Å². The highest BCUT2D eigenvalue weighted by Gasteiger charge is 2.33. The van der Waals surface area contributed by atoms with Crippen LogP contribution in [0.5, 0.6) is 17.2 Å². The average molecular weight is 663 g/mol. The van der Waals surface area contributed by atoms with Crippen molar-refractivity contribution in [3.05, 3.63) is 89.5 Å². The Morgan fingerprint density at radius 2 is 0.702 bits per heavy atom. The van der Waals surface area contributed by atoms with Gasteiger partial charge in [-0.05, 0) is 90.1 Å². The van der Waals surface area contributed by atoms with E-state index in [1.54, 1.807) is 0 Å². The Morgan fingerprint density at radius 3 is 0.915 bits per heavy atom. The Morgan fingerprint density at radius 1 is 0.447 bits per heavy atom. The molecule has 260 valence electrons. The van der Waals surface area contributed by atoms with E-state index in [2.05, 4.69) is 77.9 Å². The van der Waals surface area contributed by atoms with Crippen molar-refractivity contribution in [3.8, 4) is 17.2 Å². The normalized spacial score (nSPS) is 14.6. The predicted molar refractivity (Wildman–Crippen MR) is 200 cm³/mol. The first-order chi connectivity index (χ1) is 22.8. The predicted octanol–water partition coefficient (Wildman–Crippen LogP) is 13.6. The number of phosphoric ester groups is 1. The second kappa shape index (κ2) is 21.3. The van der Waals surface area contributed by atoms with Crippen LogP contribution in [0.15, 0.2) is 72.8 Å². The summed E-state index contributed by atoms with van der Waals surface area (Å²) in [6.07, 6.45) is 17.8. The number of phosphoric acid groups is 1. The second-order valence-corrected chi connectivity index (χ2v) is 15.0. The van der Waals surface area contributed by atoms with E-state index in [4.69, 9.17) is 13.6 Å².